The molecule has 0 aromatic heterocycles. The molecule has 5 unspecified atom stereocenters. The third-order valence-electron chi connectivity index (χ3n) is 5.13. The molecule has 0 radical (unpaired) electrons. The molecule has 0 heterocycles. The Balaban J connectivity index is 1.74. The lowest BCUT2D eigenvalue weighted by Gasteiger charge is -2.33. The van der Waals surface area contributed by atoms with E-state index in [9.17, 15) is 15.0 Å². The fourth-order valence-electron chi connectivity index (χ4n) is 3.64. The number of hydrogen-bond acceptors (Lipinski definition) is 5. The quantitative estimate of drug-likeness (QED) is 0.336. The Morgan fingerprint density at radius 3 is 2.84 bits per heavy atom. The first-order valence-electron chi connectivity index (χ1n) is 9.30. The lowest BCUT2D eigenvalue weighted by molar-refractivity contribution is -0.142. The van der Waals surface area contributed by atoms with Crippen molar-refractivity contribution in [2.24, 2.45) is 22.9 Å². The molecule has 0 amide bonds. The number of oxime groups is 1. The highest BCUT2D eigenvalue weighted by atomic mass is 16.6. The van der Waals surface area contributed by atoms with Crippen LogP contribution in [-0.4, -0.2) is 45.8 Å². The van der Waals surface area contributed by atoms with Crippen molar-refractivity contribution in [3.05, 3.63) is 0 Å². The number of carboxylic acid groups (broad SMARTS) is 1. The summed E-state index contributed by atoms with van der Waals surface area (Å²) in [5, 5.41) is 32.7. The average Bonchev–Trinajstić information content (AvgIpc) is 2.80. The number of aliphatic hydroxyl groups excluding tert-OH is 2. The fourth-order valence-corrected chi connectivity index (χ4v) is 3.64. The molecule has 2 rings (SSSR count). The number of aliphatic hydroxyl groups is 2. The third-order valence-corrected chi connectivity index (χ3v) is 5.13. The molecule has 2 fully saturated rings. The Labute approximate surface area is 149 Å². The summed E-state index contributed by atoms with van der Waals surface area (Å²) in [5.74, 6) is 4.95. The zero-order valence-corrected chi connectivity index (χ0v) is 14.9. The van der Waals surface area contributed by atoms with Gasteiger partial charge >= 0.3 is 5.97 Å². The predicted octanol–water partition coefficient (Wildman–Crippen LogP) is 2.19. The summed E-state index contributed by atoms with van der Waals surface area (Å²) in [6, 6.07) is 0. The van der Waals surface area contributed by atoms with Gasteiger partial charge in [-0.25, -0.2) is 4.79 Å². The molecule has 140 valence electrons. The summed E-state index contributed by atoms with van der Waals surface area (Å²) in [6.45, 7) is 1.73. The molecule has 25 heavy (non-hydrogen) atoms. The van der Waals surface area contributed by atoms with Gasteiger partial charge < -0.3 is 20.2 Å². The van der Waals surface area contributed by atoms with E-state index in [1.807, 2.05) is 0 Å². The van der Waals surface area contributed by atoms with Crippen LogP contribution in [0.15, 0.2) is 5.16 Å². The van der Waals surface area contributed by atoms with Crippen molar-refractivity contribution in [1.82, 2.24) is 0 Å². The molecule has 6 nitrogen and oxygen atoms in total. The van der Waals surface area contributed by atoms with E-state index >= 15 is 0 Å². The van der Waals surface area contributed by atoms with Gasteiger partial charge in [0, 0.05) is 11.8 Å². The van der Waals surface area contributed by atoms with Gasteiger partial charge in [-0.1, -0.05) is 49.6 Å². The first-order chi connectivity index (χ1) is 12.0. The molecular weight excluding hydrogens is 322 g/mol. The molecule has 6 heteroatoms. The van der Waals surface area contributed by atoms with E-state index in [1.54, 1.807) is 0 Å². The zero-order chi connectivity index (χ0) is 18.2. The van der Waals surface area contributed by atoms with Gasteiger partial charge in [-0.05, 0) is 31.6 Å². The molecule has 0 spiro atoms. The van der Waals surface area contributed by atoms with Crippen molar-refractivity contribution in [2.45, 2.75) is 70.5 Å². The summed E-state index contributed by atoms with van der Waals surface area (Å²) >= 11 is 0. The largest absolute Gasteiger partial charge is 0.479 e. The van der Waals surface area contributed by atoms with Gasteiger partial charge in [0.15, 0.2) is 0 Å². The van der Waals surface area contributed by atoms with Gasteiger partial charge in [0.1, 0.15) is 6.10 Å². The second-order valence-corrected chi connectivity index (χ2v) is 7.06. The van der Waals surface area contributed by atoms with Crippen LogP contribution in [-0.2, 0) is 9.63 Å². The number of unbranched alkanes of at least 4 members (excludes halogenated alkanes) is 4. The normalized spacial score (nSPS) is 30.1. The van der Waals surface area contributed by atoms with E-state index in [4.69, 9.17) is 9.94 Å². The lowest BCUT2D eigenvalue weighted by atomic mass is 9.73. The molecule has 3 N–H and O–H groups in total. The first-order valence-corrected chi connectivity index (χ1v) is 9.30. The van der Waals surface area contributed by atoms with Crippen molar-refractivity contribution in [1.29, 1.82) is 0 Å². The summed E-state index contributed by atoms with van der Waals surface area (Å²) in [7, 11) is 0. The molecule has 5 atom stereocenters. The number of fused-ring (bicyclic) bond motifs is 1. The highest BCUT2D eigenvalue weighted by molar-refractivity contribution is 5.93. The highest BCUT2D eigenvalue weighted by Gasteiger charge is 2.51. The van der Waals surface area contributed by atoms with Crippen molar-refractivity contribution in [3.63, 3.8) is 0 Å². The monoisotopic (exact) mass is 351 g/mol. The van der Waals surface area contributed by atoms with Crippen molar-refractivity contribution in [3.8, 4) is 11.8 Å². The van der Waals surface area contributed by atoms with Crippen molar-refractivity contribution in [2.75, 3.05) is 6.61 Å². The minimum absolute atomic E-state index is 0.120. The smallest absolute Gasteiger partial charge is 0.344 e. The van der Waals surface area contributed by atoms with Gasteiger partial charge in [-0.3, -0.25) is 0 Å². The number of aliphatic carboxylic acids is 1. The lowest BCUT2D eigenvalue weighted by Crippen LogP contribution is -2.38. The summed E-state index contributed by atoms with van der Waals surface area (Å²) in [6.07, 6.45) is 6.61. The number of hydrogen-bond donors (Lipinski definition) is 3. The Morgan fingerprint density at radius 1 is 1.36 bits per heavy atom. The molecule has 0 saturated heterocycles. The van der Waals surface area contributed by atoms with Crippen LogP contribution in [0.1, 0.15) is 58.3 Å². The zero-order valence-electron chi connectivity index (χ0n) is 14.9. The Kier molecular flexibility index (Phi) is 7.73. The number of rotatable bonds is 9. The van der Waals surface area contributed by atoms with Crippen LogP contribution >= 0.6 is 0 Å². The van der Waals surface area contributed by atoms with Crippen LogP contribution in [0.4, 0.5) is 0 Å². The third kappa shape index (κ3) is 5.72. The molecule has 0 bridgehead atoms. The van der Waals surface area contributed by atoms with Gasteiger partial charge in [0.25, 0.3) is 0 Å². The van der Waals surface area contributed by atoms with Crippen molar-refractivity contribution < 1.29 is 25.0 Å². The maximum atomic E-state index is 10.4. The van der Waals surface area contributed by atoms with E-state index in [1.165, 1.54) is 19.3 Å². The van der Waals surface area contributed by atoms with Gasteiger partial charge in [0.2, 0.25) is 6.61 Å². The van der Waals surface area contributed by atoms with Gasteiger partial charge in [0.05, 0.1) is 11.8 Å². The van der Waals surface area contributed by atoms with E-state index in [0.29, 0.717) is 19.3 Å². The molecule has 2 aliphatic rings. The maximum Gasteiger partial charge on any atom is 0.344 e. The second kappa shape index (κ2) is 9.79. The fraction of sp³-hybridized carbons (Fsp3) is 0.789. The predicted molar refractivity (Wildman–Crippen MR) is 93.9 cm³/mol. The van der Waals surface area contributed by atoms with E-state index in [-0.39, 0.29) is 17.8 Å². The van der Waals surface area contributed by atoms with Crippen LogP contribution in [0.25, 0.3) is 0 Å². The van der Waals surface area contributed by atoms with E-state index < -0.39 is 24.8 Å². The average molecular weight is 351 g/mol. The topological polar surface area (TPSA) is 99.4 Å². The SMILES string of the molecule is CCCCCCCC(O)C#CC1CC2C(=NOCC(=O)O)CC2C1O. The molecule has 2 aliphatic carbocycles. The molecule has 0 aromatic carbocycles. The van der Waals surface area contributed by atoms with Crippen molar-refractivity contribution >= 4 is 11.7 Å². The van der Waals surface area contributed by atoms with Gasteiger partial charge in [-0.2, -0.15) is 0 Å². The molecule has 0 aromatic rings. The minimum Gasteiger partial charge on any atom is -0.479 e. The number of carboxylic acids is 1. The molecule has 0 aliphatic heterocycles. The Hall–Kier alpha value is -1.58. The highest BCUT2D eigenvalue weighted by Crippen LogP contribution is 2.47. The number of carbonyl (C=O) groups is 1. The number of nitrogens with zero attached hydrogens (tertiary/aromatic N) is 1. The van der Waals surface area contributed by atoms with Crippen LogP contribution in [0.3, 0.4) is 0 Å². The molecular formula is C19H29NO5. The van der Waals surface area contributed by atoms with Crippen LogP contribution in [0, 0.1) is 29.6 Å². The van der Waals surface area contributed by atoms with Crippen LogP contribution in [0.5, 0.6) is 0 Å². The van der Waals surface area contributed by atoms with Crippen LogP contribution in [0.2, 0.25) is 0 Å². The molecule has 2 saturated carbocycles. The Bertz CT molecular complexity index is 536. The van der Waals surface area contributed by atoms with Gasteiger partial charge in [-0.15, -0.1) is 0 Å². The second-order valence-electron chi connectivity index (χ2n) is 7.06. The van der Waals surface area contributed by atoms with E-state index in [0.717, 1.165) is 18.6 Å². The Morgan fingerprint density at radius 2 is 2.12 bits per heavy atom. The first kappa shape index (κ1) is 19.7. The minimum atomic E-state index is -1.06. The maximum absolute atomic E-state index is 10.4. The van der Waals surface area contributed by atoms with E-state index in [2.05, 4.69) is 23.9 Å². The summed E-state index contributed by atoms with van der Waals surface area (Å²) in [5.41, 5.74) is 0.811. The van der Waals surface area contributed by atoms with Crippen LogP contribution < -0.4 is 0 Å². The standard InChI is InChI=1S/C19H29NO5/c1-2-3-4-5-6-7-14(21)9-8-13-10-15-16(19(13)24)11-17(15)20-25-12-18(22)23/h13-16,19,21,24H,2-7,10-12H2,1H3,(H,22,23). The summed E-state index contributed by atoms with van der Waals surface area (Å²) in [4.78, 5) is 15.2. The summed E-state index contributed by atoms with van der Waals surface area (Å²) < 4.78 is 0.